The van der Waals surface area contributed by atoms with Crippen LogP contribution in [0.1, 0.15) is 65.2 Å². The Bertz CT molecular complexity index is 338. The second kappa shape index (κ2) is 7.59. The SMILES string of the molecule is CCNC1(C(=O)OC)CCCC(N(CC)C2CCCC2)C1. The molecule has 1 N–H and O–H groups in total. The molecule has 0 spiro atoms. The first-order valence-corrected chi connectivity index (χ1v) is 8.76. The zero-order valence-corrected chi connectivity index (χ0v) is 14.0. The van der Waals surface area contributed by atoms with Gasteiger partial charge in [-0.2, -0.15) is 0 Å². The minimum Gasteiger partial charge on any atom is -0.468 e. The first-order chi connectivity index (χ1) is 10.2. The summed E-state index contributed by atoms with van der Waals surface area (Å²) in [6.45, 7) is 6.25. The van der Waals surface area contributed by atoms with Gasteiger partial charge in [0.05, 0.1) is 7.11 Å². The van der Waals surface area contributed by atoms with Crippen molar-refractivity contribution in [3.8, 4) is 0 Å². The van der Waals surface area contributed by atoms with E-state index in [0.29, 0.717) is 6.04 Å². The van der Waals surface area contributed by atoms with E-state index in [-0.39, 0.29) is 5.97 Å². The van der Waals surface area contributed by atoms with Crippen LogP contribution in [-0.4, -0.2) is 48.7 Å². The Morgan fingerprint density at radius 2 is 1.86 bits per heavy atom. The summed E-state index contributed by atoms with van der Waals surface area (Å²) in [4.78, 5) is 15.0. The largest absolute Gasteiger partial charge is 0.468 e. The van der Waals surface area contributed by atoms with Gasteiger partial charge in [0.25, 0.3) is 0 Å². The van der Waals surface area contributed by atoms with Crippen molar-refractivity contribution in [2.75, 3.05) is 20.2 Å². The predicted octanol–water partition coefficient (Wildman–Crippen LogP) is 2.71. The summed E-state index contributed by atoms with van der Waals surface area (Å²) in [5.41, 5.74) is -0.460. The lowest BCUT2D eigenvalue weighted by atomic mass is 9.77. The van der Waals surface area contributed by atoms with Gasteiger partial charge in [0.15, 0.2) is 0 Å². The standard InChI is InChI=1S/C17H32N2O2/c1-4-18-17(16(20)21-3)12-8-11-15(13-17)19(5-2)14-9-6-7-10-14/h14-15,18H,4-13H2,1-3H3. The van der Waals surface area contributed by atoms with Crippen molar-refractivity contribution in [1.82, 2.24) is 10.2 Å². The molecule has 0 aromatic rings. The fourth-order valence-corrected chi connectivity index (χ4v) is 4.53. The summed E-state index contributed by atoms with van der Waals surface area (Å²) in [5, 5.41) is 3.45. The van der Waals surface area contributed by atoms with Crippen LogP contribution < -0.4 is 5.32 Å². The lowest BCUT2D eigenvalue weighted by Gasteiger charge is -2.45. The summed E-state index contributed by atoms with van der Waals surface area (Å²) in [7, 11) is 1.51. The summed E-state index contributed by atoms with van der Waals surface area (Å²) >= 11 is 0. The van der Waals surface area contributed by atoms with Crippen molar-refractivity contribution in [2.24, 2.45) is 0 Å². The Balaban J connectivity index is 2.11. The average Bonchev–Trinajstić information content (AvgIpc) is 3.02. The first-order valence-electron chi connectivity index (χ1n) is 8.76. The van der Waals surface area contributed by atoms with E-state index in [4.69, 9.17) is 4.74 Å². The highest BCUT2D eigenvalue weighted by atomic mass is 16.5. The van der Waals surface area contributed by atoms with E-state index in [1.54, 1.807) is 0 Å². The fourth-order valence-electron chi connectivity index (χ4n) is 4.53. The average molecular weight is 296 g/mol. The van der Waals surface area contributed by atoms with Crippen LogP contribution in [0.2, 0.25) is 0 Å². The summed E-state index contributed by atoms with van der Waals surface area (Å²) in [6.07, 6.45) is 9.52. The van der Waals surface area contributed by atoms with Crippen molar-refractivity contribution in [3.63, 3.8) is 0 Å². The maximum absolute atomic E-state index is 12.4. The van der Waals surface area contributed by atoms with Crippen LogP contribution in [0, 0.1) is 0 Å². The van der Waals surface area contributed by atoms with Crippen LogP contribution in [-0.2, 0) is 9.53 Å². The third-order valence-corrected chi connectivity index (χ3v) is 5.44. The number of carbonyl (C=O) groups is 1. The molecule has 0 saturated heterocycles. The van der Waals surface area contributed by atoms with Gasteiger partial charge in [-0.25, -0.2) is 0 Å². The number of rotatable bonds is 6. The molecular weight excluding hydrogens is 264 g/mol. The number of hydrogen-bond acceptors (Lipinski definition) is 4. The van der Waals surface area contributed by atoms with Gasteiger partial charge in [-0.15, -0.1) is 0 Å². The zero-order chi connectivity index (χ0) is 15.3. The number of hydrogen-bond donors (Lipinski definition) is 1. The van der Waals surface area contributed by atoms with Gasteiger partial charge in [-0.05, 0) is 51.6 Å². The van der Waals surface area contributed by atoms with E-state index < -0.39 is 5.54 Å². The molecule has 2 unspecified atom stereocenters. The fraction of sp³-hybridized carbons (Fsp3) is 0.941. The van der Waals surface area contributed by atoms with Gasteiger partial charge < -0.3 is 10.1 Å². The number of carbonyl (C=O) groups excluding carboxylic acids is 1. The van der Waals surface area contributed by atoms with E-state index >= 15 is 0 Å². The molecule has 2 atom stereocenters. The highest BCUT2D eigenvalue weighted by Gasteiger charge is 2.45. The van der Waals surface area contributed by atoms with E-state index in [0.717, 1.165) is 38.4 Å². The zero-order valence-electron chi connectivity index (χ0n) is 14.0. The smallest absolute Gasteiger partial charge is 0.326 e. The molecule has 2 rings (SSSR count). The number of nitrogens with one attached hydrogen (secondary N) is 1. The molecule has 0 bridgehead atoms. The Kier molecular flexibility index (Phi) is 6.06. The Morgan fingerprint density at radius 1 is 1.19 bits per heavy atom. The second-order valence-corrected chi connectivity index (χ2v) is 6.62. The van der Waals surface area contributed by atoms with Crippen LogP contribution in [0.15, 0.2) is 0 Å². The molecule has 2 aliphatic carbocycles. The molecule has 0 amide bonds. The lowest BCUT2D eigenvalue weighted by Crippen LogP contribution is -2.59. The van der Waals surface area contributed by atoms with Gasteiger partial charge in [0.2, 0.25) is 0 Å². The van der Waals surface area contributed by atoms with Crippen molar-refractivity contribution in [2.45, 2.75) is 82.8 Å². The van der Waals surface area contributed by atoms with Crippen LogP contribution in [0.3, 0.4) is 0 Å². The van der Waals surface area contributed by atoms with Crippen molar-refractivity contribution in [1.29, 1.82) is 0 Å². The van der Waals surface area contributed by atoms with Crippen LogP contribution in [0.25, 0.3) is 0 Å². The Labute approximate surface area is 129 Å². The third-order valence-electron chi connectivity index (χ3n) is 5.44. The summed E-state index contributed by atoms with van der Waals surface area (Å²) < 4.78 is 5.11. The molecule has 4 nitrogen and oxygen atoms in total. The molecule has 122 valence electrons. The van der Waals surface area contributed by atoms with E-state index in [2.05, 4.69) is 24.1 Å². The van der Waals surface area contributed by atoms with Gasteiger partial charge in [0.1, 0.15) is 5.54 Å². The lowest BCUT2D eigenvalue weighted by molar-refractivity contribution is -0.151. The predicted molar refractivity (Wildman–Crippen MR) is 85.3 cm³/mol. The molecular formula is C17H32N2O2. The molecule has 0 aromatic carbocycles. The molecule has 2 fully saturated rings. The molecule has 2 aliphatic rings. The summed E-state index contributed by atoms with van der Waals surface area (Å²) in [6, 6.07) is 1.25. The topological polar surface area (TPSA) is 41.6 Å². The normalized spacial score (nSPS) is 30.8. The highest BCUT2D eigenvalue weighted by Crippen LogP contribution is 2.35. The molecule has 0 heterocycles. The number of likely N-dealkylation sites (N-methyl/N-ethyl adjacent to an activating group) is 1. The Morgan fingerprint density at radius 3 is 2.43 bits per heavy atom. The number of ether oxygens (including phenoxy) is 1. The third kappa shape index (κ3) is 3.59. The van der Waals surface area contributed by atoms with Crippen LogP contribution in [0.5, 0.6) is 0 Å². The van der Waals surface area contributed by atoms with E-state index in [1.807, 2.05) is 0 Å². The van der Waals surface area contributed by atoms with Crippen molar-refractivity contribution < 1.29 is 9.53 Å². The van der Waals surface area contributed by atoms with Crippen molar-refractivity contribution in [3.05, 3.63) is 0 Å². The van der Waals surface area contributed by atoms with Crippen molar-refractivity contribution >= 4 is 5.97 Å². The minimum absolute atomic E-state index is 0.0727. The van der Waals surface area contributed by atoms with E-state index in [9.17, 15) is 4.79 Å². The van der Waals surface area contributed by atoms with Gasteiger partial charge in [0, 0.05) is 12.1 Å². The summed E-state index contributed by atoms with van der Waals surface area (Å²) in [5.74, 6) is -0.0727. The minimum atomic E-state index is -0.460. The number of nitrogens with zero attached hydrogens (tertiary/aromatic N) is 1. The monoisotopic (exact) mass is 296 g/mol. The second-order valence-electron chi connectivity index (χ2n) is 6.62. The molecule has 2 saturated carbocycles. The first kappa shape index (κ1) is 16.8. The molecule has 21 heavy (non-hydrogen) atoms. The van der Waals surface area contributed by atoms with Gasteiger partial charge >= 0.3 is 5.97 Å². The van der Waals surface area contributed by atoms with Crippen LogP contribution >= 0.6 is 0 Å². The molecule has 4 heteroatoms. The molecule has 0 radical (unpaired) electrons. The van der Waals surface area contributed by atoms with Gasteiger partial charge in [-0.3, -0.25) is 9.69 Å². The van der Waals surface area contributed by atoms with E-state index in [1.165, 1.54) is 39.2 Å². The maximum atomic E-state index is 12.4. The van der Waals surface area contributed by atoms with Gasteiger partial charge in [-0.1, -0.05) is 26.7 Å². The molecule has 0 aromatic heterocycles. The van der Waals surface area contributed by atoms with Crippen LogP contribution in [0.4, 0.5) is 0 Å². The maximum Gasteiger partial charge on any atom is 0.326 e. The Hall–Kier alpha value is -0.610. The molecule has 0 aliphatic heterocycles. The quantitative estimate of drug-likeness (QED) is 0.765. The number of methoxy groups -OCH3 is 1. The highest BCUT2D eigenvalue weighted by molar-refractivity contribution is 5.81. The number of esters is 1.